The van der Waals surface area contributed by atoms with Crippen LogP contribution in [0, 0.1) is 5.92 Å². The predicted molar refractivity (Wildman–Crippen MR) is 71.6 cm³/mol. The average Bonchev–Trinajstić information content (AvgIpc) is 3.05. The van der Waals surface area contributed by atoms with Gasteiger partial charge in [-0.2, -0.15) is 0 Å². The Morgan fingerprint density at radius 3 is 3.16 bits per heavy atom. The molecule has 0 radical (unpaired) electrons. The zero-order valence-electron chi connectivity index (χ0n) is 10.3. The van der Waals surface area contributed by atoms with Crippen LogP contribution in [0.2, 0.25) is 5.02 Å². The minimum atomic E-state index is 0.447. The fourth-order valence-corrected chi connectivity index (χ4v) is 2.40. The van der Waals surface area contributed by atoms with Gasteiger partial charge in [-0.25, -0.2) is 4.68 Å². The smallest absolute Gasteiger partial charge is 0.184 e. The Labute approximate surface area is 115 Å². The van der Waals surface area contributed by atoms with Gasteiger partial charge in [0.15, 0.2) is 5.82 Å². The van der Waals surface area contributed by atoms with E-state index in [4.69, 9.17) is 22.1 Å². The lowest BCUT2D eigenvalue weighted by Gasteiger charge is -2.10. The third-order valence-corrected chi connectivity index (χ3v) is 3.61. The lowest BCUT2D eigenvalue weighted by molar-refractivity contribution is 0.181. The van der Waals surface area contributed by atoms with Gasteiger partial charge in [0.1, 0.15) is 0 Å². The Hall–Kier alpha value is -1.66. The maximum atomic E-state index is 6.03. The van der Waals surface area contributed by atoms with E-state index in [1.54, 1.807) is 10.7 Å². The molecule has 3 rings (SSSR count). The molecule has 0 spiro atoms. The van der Waals surface area contributed by atoms with Crippen LogP contribution in [-0.4, -0.2) is 33.4 Å². The Balaban J connectivity index is 1.92. The van der Waals surface area contributed by atoms with Crippen molar-refractivity contribution in [2.45, 2.75) is 13.0 Å². The standard InChI is InChI=1S/C12H14ClN5O/c13-10-3-1-2-9(11(10)14)12-15-16-17-18(12)6-8-4-5-19-7-8/h1-3,8H,4-7,14H2. The molecule has 1 unspecified atom stereocenters. The van der Waals surface area contributed by atoms with Gasteiger partial charge in [0.25, 0.3) is 0 Å². The molecule has 0 bridgehead atoms. The highest BCUT2D eigenvalue weighted by Gasteiger charge is 2.20. The van der Waals surface area contributed by atoms with Gasteiger partial charge in [-0.1, -0.05) is 17.7 Å². The number of nitrogen functional groups attached to an aromatic ring is 1. The van der Waals surface area contributed by atoms with E-state index in [-0.39, 0.29) is 0 Å². The van der Waals surface area contributed by atoms with E-state index in [9.17, 15) is 0 Å². The number of anilines is 1. The van der Waals surface area contributed by atoms with Gasteiger partial charge in [-0.3, -0.25) is 0 Å². The van der Waals surface area contributed by atoms with E-state index in [1.165, 1.54) is 0 Å². The molecule has 1 saturated heterocycles. The molecule has 1 atom stereocenters. The molecule has 19 heavy (non-hydrogen) atoms. The van der Waals surface area contributed by atoms with Crippen molar-refractivity contribution in [3.05, 3.63) is 23.2 Å². The number of nitrogens with zero attached hydrogens (tertiary/aromatic N) is 4. The molecule has 2 heterocycles. The second-order valence-electron chi connectivity index (χ2n) is 4.62. The Bertz CT molecular complexity index is 579. The monoisotopic (exact) mass is 279 g/mol. The molecule has 1 aromatic heterocycles. The number of para-hydroxylation sites is 1. The summed E-state index contributed by atoms with van der Waals surface area (Å²) in [6.07, 6.45) is 1.03. The molecule has 1 aliphatic rings. The Kier molecular flexibility index (Phi) is 3.35. The fourth-order valence-electron chi connectivity index (χ4n) is 2.22. The van der Waals surface area contributed by atoms with Crippen molar-refractivity contribution in [2.75, 3.05) is 18.9 Å². The first-order valence-electron chi connectivity index (χ1n) is 6.14. The second kappa shape index (κ2) is 5.14. The molecule has 0 aliphatic carbocycles. The lowest BCUT2D eigenvalue weighted by atomic mass is 10.1. The number of ether oxygens (including phenoxy) is 1. The number of benzene rings is 1. The first-order valence-corrected chi connectivity index (χ1v) is 6.52. The maximum Gasteiger partial charge on any atom is 0.184 e. The number of rotatable bonds is 3. The largest absolute Gasteiger partial charge is 0.397 e. The summed E-state index contributed by atoms with van der Waals surface area (Å²) in [5.41, 5.74) is 7.25. The number of hydrogen-bond donors (Lipinski definition) is 1. The number of nitrogens with two attached hydrogens (primary N) is 1. The molecule has 1 fully saturated rings. The quantitative estimate of drug-likeness (QED) is 0.864. The third-order valence-electron chi connectivity index (χ3n) is 3.28. The summed E-state index contributed by atoms with van der Waals surface area (Å²) in [5, 5.41) is 12.3. The second-order valence-corrected chi connectivity index (χ2v) is 5.02. The molecule has 0 saturated carbocycles. The molecular formula is C12H14ClN5O. The van der Waals surface area contributed by atoms with Crippen molar-refractivity contribution in [2.24, 2.45) is 5.92 Å². The number of aromatic nitrogens is 4. The van der Waals surface area contributed by atoms with Crippen LogP contribution in [0.3, 0.4) is 0 Å². The van der Waals surface area contributed by atoms with Gasteiger partial charge < -0.3 is 10.5 Å². The minimum Gasteiger partial charge on any atom is -0.397 e. The van der Waals surface area contributed by atoms with Crippen LogP contribution in [0.1, 0.15) is 6.42 Å². The molecule has 6 nitrogen and oxygen atoms in total. The van der Waals surface area contributed by atoms with Crippen molar-refractivity contribution < 1.29 is 4.74 Å². The van der Waals surface area contributed by atoms with E-state index in [2.05, 4.69) is 15.5 Å². The summed E-state index contributed by atoms with van der Waals surface area (Å²) in [6, 6.07) is 5.46. The highest BCUT2D eigenvalue weighted by atomic mass is 35.5. The predicted octanol–water partition coefficient (Wildman–Crippen LogP) is 1.61. The number of tetrazole rings is 1. The highest BCUT2D eigenvalue weighted by molar-refractivity contribution is 6.33. The zero-order valence-corrected chi connectivity index (χ0v) is 11.0. The molecule has 2 N–H and O–H groups in total. The van der Waals surface area contributed by atoms with Crippen molar-refractivity contribution in [1.29, 1.82) is 0 Å². The third kappa shape index (κ3) is 2.41. The topological polar surface area (TPSA) is 78.9 Å². The number of hydrogen-bond acceptors (Lipinski definition) is 5. The molecule has 100 valence electrons. The molecule has 7 heteroatoms. The summed E-state index contributed by atoms with van der Waals surface area (Å²) >= 11 is 6.03. The maximum absolute atomic E-state index is 6.03. The first kappa shape index (κ1) is 12.4. The van der Waals surface area contributed by atoms with Gasteiger partial charge in [-0.15, -0.1) is 5.10 Å². The summed E-state index contributed by atoms with van der Waals surface area (Å²) in [6.45, 7) is 2.29. The van der Waals surface area contributed by atoms with Crippen molar-refractivity contribution in [1.82, 2.24) is 20.2 Å². The van der Waals surface area contributed by atoms with Crippen LogP contribution >= 0.6 is 11.6 Å². The summed E-state index contributed by atoms with van der Waals surface area (Å²) in [5.74, 6) is 1.09. The lowest BCUT2D eigenvalue weighted by Crippen LogP contribution is -2.13. The van der Waals surface area contributed by atoms with Gasteiger partial charge in [0, 0.05) is 18.1 Å². The van der Waals surface area contributed by atoms with Crippen LogP contribution in [-0.2, 0) is 11.3 Å². The van der Waals surface area contributed by atoms with Crippen molar-refractivity contribution in [3.63, 3.8) is 0 Å². The summed E-state index contributed by atoms with van der Waals surface area (Å²) < 4.78 is 7.13. The average molecular weight is 280 g/mol. The minimum absolute atomic E-state index is 0.447. The van der Waals surface area contributed by atoms with E-state index < -0.39 is 0 Å². The highest BCUT2D eigenvalue weighted by Crippen LogP contribution is 2.30. The van der Waals surface area contributed by atoms with Crippen LogP contribution in [0.4, 0.5) is 5.69 Å². The zero-order chi connectivity index (χ0) is 13.2. The van der Waals surface area contributed by atoms with Crippen LogP contribution in [0.25, 0.3) is 11.4 Å². The van der Waals surface area contributed by atoms with Crippen molar-refractivity contribution >= 4 is 17.3 Å². The van der Waals surface area contributed by atoms with Crippen LogP contribution < -0.4 is 5.73 Å². The summed E-state index contributed by atoms with van der Waals surface area (Å²) in [7, 11) is 0. The molecule has 0 amide bonds. The van der Waals surface area contributed by atoms with E-state index in [1.807, 2.05) is 12.1 Å². The molecular weight excluding hydrogens is 266 g/mol. The van der Waals surface area contributed by atoms with E-state index in [0.29, 0.717) is 22.5 Å². The van der Waals surface area contributed by atoms with Gasteiger partial charge in [0.05, 0.1) is 23.9 Å². The van der Waals surface area contributed by atoms with Gasteiger partial charge in [-0.05, 0) is 29.0 Å². The van der Waals surface area contributed by atoms with E-state index in [0.717, 1.165) is 31.7 Å². The first-order chi connectivity index (χ1) is 9.25. The van der Waals surface area contributed by atoms with Gasteiger partial charge >= 0.3 is 0 Å². The van der Waals surface area contributed by atoms with Crippen LogP contribution in [0.5, 0.6) is 0 Å². The molecule has 2 aromatic rings. The summed E-state index contributed by atoms with van der Waals surface area (Å²) in [4.78, 5) is 0. The Morgan fingerprint density at radius 2 is 2.37 bits per heavy atom. The molecule has 1 aliphatic heterocycles. The van der Waals surface area contributed by atoms with E-state index >= 15 is 0 Å². The Morgan fingerprint density at radius 1 is 1.47 bits per heavy atom. The van der Waals surface area contributed by atoms with Crippen molar-refractivity contribution in [3.8, 4) is 11.4 Å². The normalized spacial score (nSPS) is 18.9. The molecule has 1 aromatic carbocycles. The van der Waals surface area contributed by atoms with Gasteiger partial charge in [0.2, 0.25) is 0 Å². The number of halogens is 1. The fraction of sp³-hybridized carbons (Fsp3) is 0.417. The van der Waals surface area contributed by atoms with Crippen LogP contribution in [0.15, 0.2) is 18.2 Å². The SMILES string of the molecule is Nc1c(Cl)cccc1-c1nnnn1CC1CCOC1.